The third kappa shape index (κ3) is 2.73. The van der Waals surface area contributed by atoms with Gasteiger partial charge in [-0.3, -0.25) is 4.79 Å². The third-order valence-corrected chi connectivity index (χ3v) is 2.60. The summed E-state index contributed by atoms with van der Waals surface area (Å²) in [5, 5.41) is 0. The van der Waals surface area contributed by atoms with Crippen LogP contribution in [0, 0.1) is 5.82 Å². The molecule has 4 nitrogen and oxygen atoms in total. The van der Waals surface area contributed by atoms with E-state index in [0.717, 1.165) is 6.20 Å². The second-order valence-electron chi connectivity index (χ2n) is 3.36. The van der Waals surface area contributed by atoms with Crippen molar-refractivity contribution in [2.45, 2.75) is 13.0 Å². The molecule has 1 rings (SSSR count). The molecule has 0 bridgehead atoms. The Labute approximate surface area is 98.3 Å². The number of nitrogens with two attached hydrogens (primary N) is 1. The topological polar surface area (TPSA) is 59.2 Å². The van der Waals surface area contributed by atoms with E-state index in [4.69, 9.17) is 18.0 Å². The van der Waals surface area contributed by atoms with Crippen molar-refractivity contribution in [3.05, 3.63) is 29.8 Å². The Bertz CT molecular complexity index is 407. The number of aromatic nitrogens is 1. The maximum Gasteiger partial charge on any atom is 0.272 e. The molecule has 0 aliphatic rings. The standard InChI is InChI=1S/C10H12FN3OS/c1-6(9(12)16)14(2)10(15)8-4-3-7(11)5-13-8/h3-6H,1-2H3,(H2,12,16). The van der Waals surface area contributed by atoms with E-state index in [0.29, 0.717) is 0 Å². The van der Waals surface area contributed by atoms with Crippen molar-refractivity contribution in [3.8, 4) is 0 Å². The number of nitrogens with zero attached hydrogens (tertiary/aromatic N) is 2. The summed E-state index contributed by atoms with van der Waals surface area (Å²) in [5.74, 6) is -0.832. The lowest BCUT2D eigenvalue weighted by molar-refractivity contribution is 0.0773. The molecule has 1 aromatic rings. The molecule has 86 valence electrons. The number of halogens is 1. The number of amides is 1. The van der Waals surface area contributed by atoms with Crippen molar-refractivity contribution in [1.82, 2.24) is 9.88 Å². The predicted octanol–water partition coefficient (Wildman–Crippen LogP) is 0.967. The normalized spacial score (nSPS) is 11.9. The Morgan fingerprint density at radius 1 is 1.62 bits per heavy atom. The Morgan fingerprint density at radius 3 is 2.69 bits per heavy atom. The molecule has 0 fully saturated rings. The van der Waals surface area contributed by atoms with Gasteiger partial charge in [0.05, 0.1) is 17.2 Å². The van der Waals surface area contributed by atoms with E-state index >= 15 is 0 Å². The molecule has 0 aromatic carbocycles. The van der Waals surface area contributed by atoms with Gasteiger partial charge in [0, 0.05) is 7.05 Å². The molecule has 0 aliphatic carbocycles. The fourth-order valence-corrected chi connectivity index (χ4v) is 1.21. The predicted molar refractivity (Wildman–Crippen MR) is 62.5 cm³/mol. The van der Waals surface area contributed by atoms with Gasteiger partial charge in [-0.05, 0) is 19.1 Å². The van der Waals surface area contributed by atoms with Crippen LogP contribution in [0.5, 0.6) is 0 Å². The van der Waals surface area contributed by atoms with Crippen LogP contribution in [-0.2, 0) is 0 Å². The summed E-state index contributed by atoms with van der Waals surface area (Å²) in [6.07, 6.45) is 0.993. The van der Waals surface area contributed by atoms with E-state index in [9.17, 15) is 9.18 Å². The first kappa shape index (κ1) is 12.5. The average molecular weight is 241 g/mol. The maximum atomic E-state index is 12.6. The molecule has 0 saturated heterocycles. The monoisotopic (exact) mass is 241 g/mol. The lowest BCUT2D eigenvalue weighted by Gasteiger charge is -2.23. The number of carbonyl (C=O) groups excluding carboxylic acids is 1. The van der Waals surface area contributed by atoms with Crippen LogP contribution in [0.15, 0.2) is 18.3 Å². The zero-order valence-electron chi connectivity index (χ0n) is 8.98. The number of pyridine rings is 1. The molecular weight excluding hydrogens is 229 g/mol. The van der Waals surface area contributed by atoms with Crippen LogP contribution >= 0.6 is 12.2 Å². The summed E-state index contributed by atoms with van der Waals surface area (Å²) in [6, 6.07) is 2.13. The Hall–Kier alpha value is -1.56. The average Bonchev–Trinajstić information content (AvgIpc) is 2.27. The lowest BCUT2D eigenvalue weighted by atomic mass is 10.2. The van der Waals surface area contributed by atoms with Crippen molar-refractivity contribution in [2.24, 2.45) is 5.73 Å². The van der Waals surface area contributed by atoms with Crippen molar-refractivity contribution in [3.63, 3.8) is 0 Å². The maximum absolute atomic E-state index is 12.6. The molecule has 1 atom stereocenters. The Kier molecular flexibility index (Phi) is 3.89. The Morgan fingerprint density at radius 2 is 2.25 bits per heavy atom. The zero-order valence-corrected chi connectivity index (χ0v) is 9.79. The second kappa shape index (κ2) is 4.98. The Balaban J connectivity index is 2.86. The van der Waals surface area contributed by atoms with Gasteiger partial charge in [0.15, 0.2) is 0 Å². The molecule has 1 heterocycles. The highest BCUT2D eigenvalue weighted by Gasteiger charge is 2.20. The second-order valence-corrected chi connectivity index (χ2v) is 3.83. The van der Waals surface area contributed by atoms with Crippen LogP contribution in [0.3, 0.4) is 0 Å². The van der Waals surface area contributed by atoms with Gasteiger partial charge in [-0.1, -0.05) is 12.2 Å². The van der Waals surface area contributed by atoms with E-state index in [1.54, 1.807) is 14.0 Å². The minimum Gasteiger partial charge on any atom is -0.392 e. The molecule has 16 heavy (non-hydrogen) atoms. The molecule has 1 amide bonds. The van der Waals surface area contributed by atoms with Crippen molar-refractivity contribution in [2.75, 3.05) is 7.05 Å². The first-order chi connectivity index (χ1) is 7.43. The first-order valence-corrected chi connectivity index (χ1v) is 5.02. The molecule has 0 spiro atoms. The number of hydrogen-bond acceptors (Lipinski definition) is 3. The first-order valence-electron chi connectivity index (χ1n) is 4.61. The molecule has 0 aliphatic heterocycles. The smallest absolute Gasteiger partial charge is 0.272 e. The van der Waals surface area contributed by atoms with Gasteiger partial charge in [-0.2, -0.15) is 0 Å². The van der Waals surface area contributed by atoms with Gasteiger partial charge < -0.3 is 10.6 Å². The largest absolute Gasteiger partial charge is 0.392 e. The summed E-state index contributed by atoms with van der Waals surface area (Å²) < 4.78 is 12.6. The summed E-state index contributed by atoms with van der Waals surface area (Å²) in [6.45, 7) is 1.71. The summed E-state index contributed by atoms with van der Waals surface area (Å²) in [7, 11) is 1.57. The zero-order chi connectivity index (χ0) is 12.3. The highest BCUT2D eigenvalue weighted by molar-refractivity contribution is 7.80. The summed E-state index contributed by atoms with van der Waals surface area (Å²) in [4.78, 5) is 17.1. The van der Waals surface area contributed by atoms with Gasteiger partial charge in [-0.15, -0.1) is 0 Å². The third-order valence-electron chi connectivity index (χ3n) is 2.26. The molecule has 0 radical (unpaired) electrons. The quantitative estimate of drug-likeness (QED) is 0.801. The summed E-state index contributed by atoms with van der Waals surface area (Å²) >= 11 is 4.79. The van der Waals surface area contributed by atoms with Crippen LogP contribution in [0.25, 0.3) is 0 Å². The van der Waals surface area contributed by atoms with Gasteiger partial charge in [0.1, 0.15) is 11.5 Å². The van der Waals surface area contributed by atoms with Gasteiger partial charge >= 0.3 is 0 Å². The van der Waals surface area contributed by atoms with Crippen molar-refractivity contribution >= 4 is 23.1 Å². The fraction of sp³-hybridized carbons (Fsp3) is 0.300. The molecule has 6 heteroatoms. The molecule has 1 aromatic heterocycles. The van der Waals surface area contributed by atoms with Crippen molar-refractivity contribution in [1.29, 1.82) is 0 Å². The van der Waals surface area contributed by atoms with Gasteiger partial charge in [0.25, 0.3) is 5.91 Å². The van der Waals surface area contributed by atoms with Gasteiger partial charge in [-0.25, -0.2) is 9.37 Å². The van der Waals surface area contributed by atoms with E-state index in [2.05, 4.69) is 4.98 Å². The van der Waals surface area contributed by atoms with E-state index in [1.165, 1.54) is 17.0 Å². The van der Waals surface area contributed by atoms with Crippen LogP contribution in [-0.4, -0.2) is 33.9 Å². The number of carbonyl (C=O) groups is 1. The van der Waals surface area contributed by atoms with E-state index in [-0.39, 0.29) is 22.6 Å². The lowest BCUT2D eigenvalue weighted by Crippen LogP contribution is -2.43. The van der Waals surface area contributed by atoms with Crippen LogP contribution < -0.4 is 5.73 Å². The number of likely N-dealkylation sites (N-methyl/N-ethyl adjacent to an activating group) is 1. The van der Waals surface area contributed by atoms with E-state index in [1.807, 2.05) is 0 Å². The minimum atomic E-state index is -0.485. The summed E-state index contributed by atoms with van der Waals surface area (Å²) in [5.41, 5.74) is 5.59. The fourth-order valence-electron chi connectivity index (χ4n) is 1.05. The molecular formula is C10H12FN3OS. The number of thiocarbonyl (C=S) groups is 1. The molecule has 2 N–H and O–H groups in total. The molecule has 0 saturated carbocycles. The van der Waals surface area contributed by atoms with E-state index < -0.39 is 5.82 Å². The SMILES string of the molecule is CC(C(N)=S)N(C)C(=O)c1ccc(F)cn1. The number of rotatable bonds is 3. The number of hydrogen-bond donors (Lipinski definition) is 1. The molecule has 1 unspecified atom stereocenters. The van der Waals surface area contributed by atoms with Gasteiger partial charge in [0.2, 0.25) is 0 Å². The van der Waals surface area contributed by atoms with Crippen LogP contribution in [0.1, 0.15) is 17.4 Å². The highest BCUT2D eigenvalue weighted by atomic mass is 32.1. The van der Waals surface area contributed by atoms with Crippen molar-refractivity contribution < 1.29 is 9.18 Å². The van der Waals surface area contributed by atoms with Crippen LogP contribution in [0.4, 0.5) is 4.39 Å². The minimum absolute atomic E-state index is 0.159. The van der Waals surface area contributed by atoms with Crippen LogP contribution in [0.2, 0.25) is 0 Å². The highest BCUT2D eigenvalue weighted by Crippen LogP contribution is 2.05.